The lowest BCUT2D eigenvalue weighted by Gasteiger charge is -2.31. The van der Waals surface area contributed by atoms with Crippen molar-refractivity contribution in [3.05, 3.63) is 60.2 Å². The molecule has 5 nitrogen and oxygen atoms in total. The zero-order valence-electron chi connectivity index (χ0n) is 14.3. The Bertz CT molecular complexity index is 802. The fourth-order valence-corrected chi connectivity index (χ4v) is 3.72. The SMILES string of the molecule is Cc1ccc(N([C@@H](C)C(=O)N(C)c2ccccc2)S(C)(=O)=O)cc1. The van der Waals surface area contributed by atoms with Crippen LogP contribution in [0.25, 0.3) is 0 Å². The lowest BCUT2D eigenvalue weighted by Crippen LogP contribution is -2.48. The van der Waals surface area contributed by atoms with Crippen LogP contribution < -0.4 is 9.21 Å². The van der Waals surface area contributed by atoms with E-state index in [-0.39, 0.29) is 5.91 Å². The van der Waals surface area contributed by atoms with E-state index in [1.54, 1.807) is 38.2 Å². The van der Waals surface area contributed by atoms with E-state index in [0.29, 0.717) is 11.4 Å². The summed E-state index contributed by atoms with van der Waals surface area (Å²) in [5.74, 6) is -0.299. The van der Waals surface area contributed by atoms with Crippen molar-refractivity contribution in [3.8, 4) is 0 Å². The average Bonchev–Trinajstić information content (AvgIpc) is 2.55. The minimum Gasteiger partial charge on any atom is -0.314 e. The number of benzene rings is 2. The van der Waals surface area contributed by atoms with Crippen LogP contribution in [0.15, 0.2) is 54.6 Å². The molecule has 2 aromatic rings. The largest absolute Gasteiger partial charge is 0.314 e. The second-order valence-corrected chi connectivity index (χ2v) is 7.66. The number of hydrogen-bond acceptors (Lipinski definition) is 3. The first kappa shape index (κ1) is 18.0. The second kappa shape index (κ2) is 7.05. The molecule has 0 bridgehead atoms. The van der Waals surface area contributed by atoms with E-state index < -0.39 is 16.1 Å². The summed E-state index contributed by atoms with van der Waals surface area (Å²) < 4.78 is 25.7. The van der Waals surface area contributed by atoms with Gasteiger partial charge in [-0.2, -0.15) is 0 Å². The summed E-state index contributed by atoms with van der Waals surface area (Å²) >= 11 is 0. The van der Waals surface area contributed by atoms with Gasteiger partial charge in [-0.1, -0.05) is 35.9 Å². The van der Waals surface area contributed by atoms with Crippen molar-refractivity contribution in [1.29, 1.82) is 0 Å². The maximum atomic E-state index is 12.8. The van der Waals surface area contributed by atoms with E-state index in [2.05, 4.69) is 0 Å². The van der Waals surface area contributed by atoms with Crippen LogP contribution in [0, 0.1) is 6.92 Å². The van der Waals surface area contributed by atoms with Gasteiger partial charge in [0.2, 0.25) is 15.9 Å². The van der Waals surface area contributed by atoms with Gasteiger partial charge in [0, 0.05) is 12.7 Å². The summed E-state index contributed by atoms with van der Waals surface area (Å²) in [5.41, 5.74) is 2.21. The van der Waals surface area contributed by atoms with Crippen molar-refractivity contribution < 1.29 is 13.2 Å². The fraction of sp³-hybridized carbons (Fsp3) is 0.278. The van der Waals surface area contributed by atoms with E-state index in [4.69, 9.17) is 0 Å². The molecule has 0 aliphatic carbocycles. The molecule has 128 valence electrons. The third-order valence-electron chi connectivity index (χ3n) is 3.83. The van der Waals surface area contributed by atoms with Crippen LogP contribution in [0.2, 0.25) is 0 Å². The molecule has 0 saturated heterocycles. The predicted octanol–water partition coefficient (Wildman–Crippen LogP) is 2.81. The second-order valence-electron chi connectivity index (χ2n) is 5.80. The molecule has 0 aliphatic rings. The highest BCUT2D eigenvalue weighted by Gasteiger charge is 2.31. The Labute approximate surface area is 143 Å². The molecule has 1 amide bonds. The molecule has 0 saturated carbocycles. The zero-order valence-corrected chi connectivity index (χ0v) is 15.1. The quantitative estimate of drug-likeness (QED) is 0.836. The number of para-hydroxylation sites is 1. The molecule has 0 spiro atoms. The van der Waals surface area contributed by atoms with Gasteiger partial charge in [-0.3, -0.25) is 9.10 Å². The number of nitrogens with zero attached hydrogens (tertiary/aromatic N) is 2. The van der Waals surface area contributed by atoms with Crippen LogP contribution >= 0.6 is 0 Å². The van der Waals surface area contributed by atoms with Crippen LogP contribution in [-0.2, 0) is 14.8 Å². The average molecular weight is 346 g/mol. The van der Waals surface area contributed by atoms with E-state index in [0.717, 1.165) is 16.1 Å². The van der Waals surface area contributed by atoms with Crippen LogP contribution in [0.5, 0.6) is 0 Å². The van der Waals surface area contributed by atoms with Gasteiger partial charge >= 0.3 is 0 Å². The highest BCUT2D eigenvalue weighted by Crippen LogP contribution is 2.23. The first-order valence-corrected chi connectivity index (χ1v) is 9.45. The normalized spacial score (nSPS) is 12.5. The lowest BCUT2D eigenvalue weighted by atomic mass is 10.2. The summed E-state index contributed by atoms with van der Waals surface area (Å²) in [5, 5.41) is 0. The van der Waals surface area contributed by atoms with Crippen LogP contribution in [0.4, 0.5) is 11.4 Å². The highest BCUT2D eigenvalue weighted by molar-refractivity contribution is 7.92. The molecule has 0 N–H and O–H groups in total. The molecule has 0 aromatic heterocycles. The Morgan fingerprint density at radius 1 is 0.958 bits per heavy atom. The van der Waals surface area contributed by atoms with Crippen molar-refractivity contribution in [3.63, 3.8) is 0 Å². The monoisotopic (exact) mass is 346 g/mol. The number of anilines is 2. The van der Waals surface area contributed by atoms with Gasteiger partial charge in [-0.25, -0.2) is 8.42 Å². The summed E-state index contributed by atoms with van der Waals surface area (Å²) in [4.78, 5) is 14.3. The number of carbonyl (C=O) groups excluding carboxylic acids is 1. The van der Waals surface area contributed by atoms with Crippen molar-refractivity contribution in [2.75, 3.05) is 22.5 Å². The number of hydrogen-bond donors (Lipinski definition) is 0. The van der Waals surface area contributed by atoms with E-state index in [1.165, 1.54) is 4.90 Å². The van der Waals surface area contributed by atoms with Gasteiger partial charge in [0.15, 0.2) is 0 Å². The Hall–Kier alpha value is -2.34. The van der Waals surface area contributed by atoms with E-state index in [1.807, 2.05) is 37.3 Å². The smallest absolute Gasteiger partial charge is 0.250 e. The molecule has 24 heavy (non-hydrogen) atoms. The number of aryl methyl sites for hydroxylation is 1. The predicted molar refractivity (Wildman–Crippen MR) is 97.8 cm³/mol. The van der Waals surface area contributed by atoms with Crippen molar-refractivity contribution in [1.82, 2.24) is 0 Å². The molecular formula is C18H22N2O3S. The van der Waals surface area contributed by atoms with Crippen LogP contribution in [-0.4, -0.2) is 33.7 Å². The number of amides is 1. The van der Waals surface area contributed by atoms with Gasteiger partial charge in [-0.15, -0.1) is 0 Å². The van der Waals surface area contributed by atoms with Crippen LogP contribution in [0.3, 0.4) is 0 Å². The van der Waals surface area contributed by atoms with E-state index in [9.17, 15) is 13.2 Å². The minimum atomic E-state index is -3.60. The van der Waals surface area contributed by atoms with Gasteiger partial charge < -0.3 is 4.90 Å². The molecule has 2 aromatic carbocycles. The fourth-order valence-electron chi connectivity index (χ4n) is 2.55. The molecule has 0 fully saturated rings. The number of carbonyl (C=O) groups is 1. The third-order valence-corrected chi connectivity index (χ3v) is 5.07. The molecule has 0 unspecified atom stereocenters. The minimum absolute atomic E-state index is 0.299. The highest BCUT2D eigenvalue weighted by atomic mass is 32.2. The van der Waals surface area contributed by atoms with Gasteiger partial charge in [0.25, 0.3) is 0 Å². The summed E-state index contributed by atoms with van der Waals surface area (Å²) in [7, 11) is -1.96. The van der Waals surface area contributed by atoms with Crippen molar-refractivity contribution in [2.24, 2.45) is 0 Å². The summed E-state index contributed by atoms with van der Waals surface area (Å²) in [6.45, 7) is 3.52. The Morgan fingerprint density at radius 3 is 2.00 bits per heavy atom. The molecule has 0 radical (unpaired) electrons. The summed E-state index contributed by atoms with van der Waals surface area (Å²) in [6.07, 6.45) is 1.11. The number of likely N-dealkylation sites (N-methyl/N-ethyl adjacent to an activating group) is 1. The molecule has 1 atom stereocenters. The van der Waals surface area contributed by atoms with Gasteiger partial charge in [-0.05, 0) is 38.1 Å². The van der Waals surface area contributed by atoms with E-state index >= 15 is 0 Å². The number of rotatable bonds is 5. The molecule has 0 aliphatic heterocycles. The van der Waals surface area contributed by atoms with Crippen molar-refractivity contribution in [2.45, 2.75) is 19.9 Å². The van der Waals surface area contributed by atoms with Crippen LogP contribution in [0.1, 0.15) is 12.5 Å². The third kappa shape index (κ3) is 3.94. The molecule has 6 heteroatoms. The first-order chi connectivity index (χ1) is 11.2. The standard InChI is InChI=1S/C18H22N2O3S/c1-14-10-12-17(13-11-14)20(24(4,22)23)15(2)18(21)19(3)16-8-6-5-7-9-16/h5-13,15H,1-4H3/t15-/m0/s1. The maximum absolute atomic E-state index is 12.8. The Balaban J connectivity index is 2.36. The lowest BCUT2D eigenvalue weighted by molar-refractivity contribution is -0.119. The van der Waals surface area contributed by atoms with Crippen molar-refractivity contribution >= 4 is 27.3 Å². The molecule has 2 rings (SSSR count). The zero-order chi connectivity index (χ0) is 17.9. The number of sulfonamides is 1. The Kier molecular flexibility index (Phi) is 5.29. The summed E-state index contributed by atoms with van der Waals surface area (Å²) in [6, 6.07) is 15.4. The maximum Gasteiger partial charge on any atom is 0.250 e. The van der Waals surface area contributed by atoms with Gasteiger partial charge in [0.05, 0.1) is 11.9 Å². The van der Waals surface area contributed by atoms with Gasteiger partial charge in [0.1, 0.15) is 6.04 Å². The topological polar surface area (TPSA) is 57.7 Å². The molecule has 0 heterocycles. The Morgan fingerprint density at radius 2 is 1.50 bits per heavy atom. The molecular weight excluding hydrogens is 324 g/mol. The first-order valence-electron chi connectivity index (χ1n) is 7.60.